The number of hydrogen-bond donors (Lipinski definition) is 2. The molecule has 1 unspecified atom stereocenters. The van der Waals surface area contributed by atoms with Gasteiger partial charge in [-0.1, -0.05) is 23.2 Å². The Morgan fingerprint density at radius 2 is 2.14 bits per heavy atom. The highest BCUT2D eigenvalue weighted by Crippen LogP contribution is 2.35. The third-order valence-corrected chi connectivity index (χ3v) is 6.11. The van der Waals surface area contributed by atoms with Crippen molar-refractivity contribution in [3.8, 4) is 17.7 Å². The minimum Gasteiger partial charge on any atom is -0.493 e. The fourth-order valence-corrected chi connectivity index (χ4v) is 3.95. The van der Waals surface area contributed by atoms with E-state index in [4.69, 9.17) is 48.4 Å². The van der Waals surface area contributed by atoms with Crippen LogP contribution in [0.1, 0.15) is 6.42 Å². The summed E-state index contributed by atoms with van der Waals surface area (Å²) in [5, 5.41) is 13.7. The van der Waals surface area contributed by atoms with Crippen molar-refractivity contribution >= 4 is 51.6 Å². The van der Waals surface area contributed by atoms with Crippen molar-refractivity contribution in [2.24, 2.45) is 10.7 Å². The molecule has 0 amide bonds. The molecule has 2 heterocycles. The van der Waals surface area contributed by atoms with Crippen molar-refractivity contribution in [3.63, 3.8) is 0 Å². The predicted molar refractivity (Wildman–Crippen MR) is 134 cm³/mol. The molecule has 2 aromatic carbocycles. The van der Waals surface area contributed by atoms with E-state index in [0.29, 0.717) is 52.6 Å². The Labute approximate surface area is 212 Å². The van der Waals surface area contributed by atoms with E-state index < -0.39 is 0 Å². The van der Waals surface area contributed by atoms with Crippen molar-refractivity contribution in [2.45, 2.75) is 12.5 Å². The molecule has 3 N–H and O–H groups in total. The van der Waals surface area contributed by atoms with Gasteiger partial charge in [0.2, 0.25) is 12.2 Å². The van der Waals surface area contributed by atoms with Crippen LogP contribution < -0.4 is 20.5 Å². The second-order valence-electron chi connectivity index (χ2n) is 7.67. The van der Waals surface area contributed by atoms with Crippen LogP contribution in [0.4, 0.5) is 11.5 Å². The molecule has 35 heavy (non-hydrogen) atoms. The fourth-order valence-electron chi connectivity index (χ4n) is 3.66. The average Bonchev–Trinajstić information content (AvgIpc) is 3.11. The Bertz CT molecular complexity index is 1280. The first kappa shape index (κ1) is 24.6. The SMILES string of the molecule is COc1cc2c(Nc3ccc(Cl)c(Cl)c3)ncnc2cc1OCC1CN(C(N)=NC#N)CCCO1. The van der Waals surface area contributed by atoms with Crippen LogP contribution in [0.15, 0.2) is 41.7 Å². The van der Waals surface area contributed by atoms with Crippen LogP contribution in [-0.2, 0) is 4.74 Å². The molecule has 1 fully saturated rings. The molecular formula is C23H23Cl2N7O3. The summed E-state index contributed by atoms with van der Waals surface area (Å²) in [5.41, 5.74) is 7.28. The second kappa shape index (κ2) is 11.3. The molecule has 1 atom stereocenters. The predicted octanol–water partition coefficient (Wildman–Crippen LogP) is 3.95. The van der Waals surface area contributed by atoms with Crippen LogP contribution >= 0.6 is 23.2 Å². The number of rotatable bonds is 6. The van der Waals surface area contributed by atoms with E-state index in [0.717, 1.165) is 17.5 Å². The van der Waals surface area contributed by atoms with Crippen molar-refractivity contribution < 1.29 is 14.2 Å². The van der Waals surface area contributed by atoms with Gasteiger partial charge in [-0.15, -0.1) is 4.99 Å². The molecule has 0 saturated carbocycles. The molecule has 1 aromatic heterocycles. The first-order valence-corrected chi connectivity index (χ1v) is 11.5. The molecule has 1 aliphatic heterocycles. The summed E-state index contributed by atoms with van der Waals surface area (Å²) < 4.78 is 17.5. The zero-order chi connectivity index (χ0) is 24.8. The molecule has 12 heteroatoms. The first-order chi connectivity index (χ1) is 17.0. The van der Waals surface area contributed by atoms with Gasteiger partial charge in [-0.2, -0.15) is 5.26 Å². The summed E-state index contributed by atoms with van der Waals surface area (Å²) in [6.45, 7) is 1.90. The number of nitrogens with two attached hydrogens (primary N) is 1. The number of nitriles is 1. The summed E-state index contributed by atoms with van der Waals surface area (Å²) in [6.07, 6.45) is 3.67. The van der Waals surface area contributed by atoms with E-state index in [1.807, 2.05) is 11.0 Å². The maximum absolute atomic E-state index is 8.78. The lowest BCUT2D eigenvalue weighted by molar-refractivity contribution is 0.0258. The van der Waals surface area contributed by atoms with Gasteiger partial charge in [0.25, 0.3) is 0 Å². The molecule has 4 rings (SSSR count). The van der Waals surface area contributed by atoms with Gasteiger partial charge in [0.1, 0.15) is 24.9 Å². The normalized spacial score (nSPS) is 16.5. The molecule has 1 aliphatic rings. The second-order valence-corrected chi connectivity index (χ2v) is 8.48. The Kier molecular flexibility index (Phi) is 7.92. The Hall–Kier alpha value is -3.52. The Morgan fingerprint density at radius 1 is 1.29 bits per heavy atom. The van der Waals surface area contributed by atoms with Gasteiger partial charge in [0.15, 0.2) is 11.5 Å². The minimum atomic E-state index is -0.275. The topological polar surface area (TPSA) is 131 Å². The Balaban J connectivity index is 1.54. The zero-order valence-electron chi connectivity index (χ0n) is 18.9. The van der Waals surface area contributed by atoms with E-state index in [-0.39, 0.29) is 18.7 Å². The highest BCUT2D eigenvalue weighted by Gasteiger charge is 2.22. The van der Waals surface area contributed by atoms with E-state index in [9.17, 15) is 0 Å². The van der Waals surface area contributed by atoms with Gasteiger partial charge >= 0.3 is 0 Å². The summed E-state index contributed by atoms with van der Waals surface area (Å²) in [6, 6.07) is 8.83. The number of fused-ring (bicyclic) bond motifs is 1. The molecule has 0 spiro atoms. The number of guanidine groups is 1. The van der Waals surface area contributed by atoms with Crippen molar-refractivity contribution in [2.75, 3.05) is 38.7 Å². The van der Waals surface area contributed by atoms with Crippen molar-refractivity contribution in [1.82, 2.24) is 14.9 Å². The van der Waals surface area contributed by atoms with E-state index in [2.05, 4.69) is 20.3 Å². The van der Waals surface area contributed by atoms with Crippen LogP contribution in [0, 0.1) is 11.5 Å². The number of benzene rings is 2. The third kappa shape index (κ3) is 5.95. The number of nitrogens with zero attached hydrogens (tertiary/aromatic N) is 5. The summed E-state index contributed by atoms with van der Waals surface area (Å²) in [5.74, 6) is 1.77. The number of ether oxygens (including phenoxy) is 3. The number of nitrogens with one attached hydrogen (secondary N) is 1. The molecule has 3 aromatic rings. The smallest absolute Gasteiger partial charge is 0.209 e. The van der Waals surface area contributed by atoms with Crippen LogP contribution in [0.5, 0.6) is 11.5 Å². The lowest BCUT2D eigenvalue weighted by Gasteiger charge is -2.24. The van der Waals surface area contributed by atoms with E-state index in [1.54, 1.807) is 37.6 Å². The number of anilines is 2. The summed E-state index contributed by atoms with van der Waals surface area (Å²) in [7, 11) is 1.56. The third-order valence-electron chi connectivity index (χ3n) is 5.37. The maximum Gasteiger partial charge on any atom is 0.209 e. The quantitative estimate of drug-likeness (QED) is 0.284. The Morgan fingerprint density at radius 3 is 2.91 bits per heavy atom. The lowest BCUT2D eigenvalue weighted by Crippen LogP contribution is -2.43. The first-order valence-electron chi connectivity index (χ1n) is 10.7. The van der Waals surface area contributed by atoms with Gasteiger partial charge in [-0.05, 0) is 30.7 Å². The van der Waals surface area contributed by atoms with Gasteiger partial charge in [-0.25, -0.2) is 9.97 Å². The lowest BCUT2D eigenvalue weighted by atomic mass is 10.2. The van der Waals surface area contributed by atoms with Crippen LogP contribution in [0.25, 0.3) is 10.9 Å². The van der Waals surface area contributed by atoms with Crippen LogP contribution in [0.2, 0.25) is 10.0 Å². The van der Waals surface area contributed by atoms with Crippen LogP contribution in [-0.4, -0.2) is 60.3 Å². The van der Waals surface area contributed by atoms with E-state index in [1.165, 1.54) is 6.33 Å². The minimum absolute atomic E-state index is 0.171. The summed E-state index contributed by atoms with van der Waals surface area (Å²) in [4.78, 5) is 14.2. The number of aliphatic imine (C=N–C) groups is 1. The molecule has 0 radical (unpaired) electrons. The number of methoxy groups -OCH3 is 1. The highest BCUT2D eigenvalue weighted by molar-refractivity contribution is 6.42. The molecular weight excluding hydrogens is 493 g/mol. The average molecular weight is 516 g/mol. The number of halogens is 2. The molecule has 10 nitrogen and oxygen atoms in total. The van der Waals surface area contributed by atoms with Gasteiger partial charge < -0.3 is 30.2 Å². The largest absolute Gasteiger partial charge is 0.493 e. The molecule has 0 bridgehead atoms. The fraction of sp³-hybridized carbons (Fsp3) is 0.304. The maximum atomic E-state index is 8.78. The number of hydrogen-bond acceptors (Lipinski definition) is 8. The highest BCUT2D eigenvalue weighted by atomic mass is 35.5. The molecule has 182 valence electrons. The van der Waals surface area contributed by atoms with Crippen molar-refractivity contribution in [3.05, 3.63) is 46.7 Å². The van der Waals surface area contributed by atoms with Crippen molar-refractivity contribution in [1.29, 1.82) is 5.26 Å². The van der Waals surface area contributed by atoms with Gasteiger partial charge in [0.05, 0.1) is 29.2 Å². The number of aromatic nitrogens is 2. The zero-order valence-corrected chi connectivity index (χ0v) is 20.4. The van der Waals surface area contributed by atoms with E-state index >= 15 is 0 Å². The summed E-state index contributed by atoms with van der Waals surface area (Å²) >= 11 is 12.2. The monoisotopic (exact) mass is 515 g/mol. The van der Waals surface area contributed by atoms with Gasteiger partial charge in [0, 0.05) is 30.3 Å². The van der Waals surface area contributed by atoms with Gasteiger partial charge in [-0.3, -0.25) is 0 Å². The molecule has 1 saturated heterocycles. The molecule has 0 aliphatic carbocycles. The standard InChI is InChI=1S/C23H23Cl2N7O3/c1-33-20-8-16-19(29-13-30-22(16)31-14-3-4-17(24)18(25)7-14)9-21(20)35-11-15-10-32(5-2-6-34-15)23(27)28-12-26/h3-4,7-9,13,15H,2,5-6,10-11H2,1H3,(H2,27,28)(H,29,30,31). The van der Waals surface area contributed by atoms with Crippen LogP contribution in [0.3, 0.4) is 0 Å².